The minimum atomic E-state index is 0.111. The summed E-state index contributed by atoms with van der Waals surface area (Å²) in [6.45, 7) is 8.31. The van der Waals surface area contributed by atoms with Gasteiger partial charge in [0.2, 0.25) is 5.91 Å². The Kier molecular flexibility index (Phi) is 4.82. The average Bonchev–Trinajstić information content (AvgIpc) is 3.31. The van der Waals surface area contributed by atoms with E-state index in [0.717, 1.165) is 51.4 Å². The molecule has 4 rings (SSSR count). The molecule has 144 valence electrons. The van der Waals surface area contributed by atoms with Gasteiger partial charge < -0.3 is 4.90 Å². The number of rotatable bonds is 3. The average molecular weight is 360 g/mol. The number of hydrogen-bond acceptors (Lipinski definition) is 4. The van der Waals surface area contributed by atoms with Crippen LogP contribution in [0.3, 0.4) is 0 Å². The van der Waals surface area contributed by atoms with E-state index in [9.17, 15) is 4.79 Å². The Morgan fingerprint density at radius 2 is 1.88 bits per heavy atom. The van der Waals surface area contributed by atoms with Crippen LogP contribution >= 0.6 is 0 Å². The lowest BCUT2D eigenvalue weighted by Gasteiger charge is -2.39. The predicted octanol–water partition coefficient (Wildman–Crippen LogP) is 1.64. The van der Waals surface area contributed by atoms with Crippen LogP contribution in [0.1, 0.15) is 43.5 Å². The van der Waals surface area contributed by atoms with Gasteiger partial charge in [0.15, 0.2) is 0 Å². The fraction of sp³-hybridized carbons (Fsp3) is 0.800. The summed E-state index contributed by atoms with van der Waals surface area (Å²) in [4.78, 5) is 19.9. The van der Waals surface area contributed by atoms with E-state index in [1.165, 1.54) is 31.4 Å². The molecule has 0 bridgehead atoms. The topological polar surface area (TPSA) is 44.6 Å². The summed E-state index contributed by atoms with van der Waals surface area (Å²) in [6, 6.07) is 2.30. The Bertz CT molecular complexity index is 655. The summed E-state index contributed by atoms with van der Waals surface area (Å²) in [5.74, 6) is 0.384. The first-order valence-electron chi connectivity index (χ1n) is 10.2. The lowest BCUT2D eigenvalue weighted by molar-refractivity contribution is -0.134. The van der Waals surface area contributed by atoms with Crippen molar-refractivity contribution in [2.24, 2.45) is 12.5 Å². The van der Waals surface area contributed by atoms with E-state index in [1.807, 2.05) is 11.7 Å². The zero-order chi connectivity index (χ0) is 18.3. The van der Waals surface area contributed by atoms with Crippen molar-refractivity contribution in [3.63, 3.8) is 0 Å². The van der Waals surface area contributed by atoms with Gasteiger partial charge in [0, 0.05) is 33.2 Å². The van der Waals surface area contributed by atoms with Gasteiger partial charge in [-0.3, -0.25) is 19.3 Å². The molecule has 0 aliphatic carbocycles. The number of amides is 1. The Balaban J connectivity index is 1.35. The van der Waals surface area contributed by atoms with E-state index < -0.39 is 0 Å². The number of carbonyl (C=O) groups excluding carboxylic acids is 1. The molecule has 1 spiro atoms. The van der Waals surface area contributed by atoms with E-state index in [2.05, 4.69) is 39.8 Å². The molecule has 1 atom stereocenters. The molecule has 3 aliphatic heterocycles. The van der Waals surface area contributed by atoms with Crippen LogP contribution in [0.25, 0.3) is 0 Å². The maximum atomic E-state index is 12.9. The molecule has 1 aromatic rings. The van der Waals surface area contributed by atoms with Crippen LogP contribution in [0, 0.1) is 12.3 Å². The van der Waals surface area contributed by atoms with Gasteiger partial charge in [0.1, 0.15) is 0 Å². The molecule has 6 heteroatoms. The number of likely N-dealkylation sites (tertiary alicyclic amines) is 3. The van der Waals surface area contributed by atoms with Crippen LogP contribution in [0.2, 0.25) is 0 Å². The lowest BCUT2D eigenvalue weighted by atomic mass is 9.76. The third-order valence-corrected chi connectivity index (χ3v) is 6.85. The van der Waals surface area contributed by atoms with Gasteiger partial charge in [-0.25, -0.2) is 0 Å². The zero-order valence-electron chi connectivity index (χ0n) is 16.6. The van der Waals surface area contributed by atoms with Crippen molar-refractivity contribution in [3.8, 4) is 0 Å². The molecule has 3 saturated heterocycles. The molecule has 0 aromatic carbocycles. The van der Waals surface area contributed by atoms with E-state index in [4.69, 9.17) is 0 Å². The Morgan fingerprint density at radius 1 is 1.19 bits per heavy atom. The molecule has 0 radical (unpaired) electrons. The maximum Gasteiger partial charge on any atom is 0.239 e. The summed E-state index contributed by atoms with van der Waals surface area (Å²) in [5, 5.41) is 4.47. The highest BCUT2D eigenvalue weighted by Gasteiger charge is 2.47. The number of hydrogen-bond donors (Lipinski definition) is 0. The van der Waals surface area contributed by atoms with Crippen LogP contribution in [0.5, 0.6) is 0 Å². The largest absolute Gasteiger partial charge is 0.341 e. The van der Waals surface area contributed by atoms with Crippen molar-refractivity contribution in [1.82, 2.24) is 24.5 Å². The molecule has 3 aliphatic rings. The molecule has 0 N–H and O–H groups in total. The van der Waals surface area contributed by atoms with Crippen molar-refractivity contribution >= 4 is 5.91 Å². The van der Waals surface area contributed by atoms with Gasteiger partial charge in [-0.2, -0.15) is 5.10 Å². The first-order chi connectivity index (χ1) is 12.5. The smallest absolute Gasteiger partial charge is 0.239 e. The standard InChI is InChI=1S/C20H33N5O/c1-16-12-17(23(3)21-16)14-24-10-6-20(7-11-24)13-18(22(2)15-20)19(26)25-8-4-5-9-25/h12,18H,4-11,13-15H2,1-3H3. The van der Waals surface area contributed by atoms with E-state index in [0.29, 0.717) is 11.3 Å². The summed E-state index contributed by atoms with van der Waals surface area (Å²) in [6.07, 6.45) is 5.82. The van der Waals surface area contributed by atoms with Crippen molar-refractivity contribution in [1.29, 1.82) is 0 Å². The highest BCUT2D eigenvalue weighted by molar-refractivity contribution is 5.82. The van der Waals surface area contributed by atoms with Gasteiger partial charge >= 0.3 is 0 Å². The number of nitrogens with zero attached hydrogens (tertiary/aromatic N) is 5. The first-order valence-corrected chi connectivity index (χ1v) is 10.2. The summed E-state index contributed by atoms with van der Waals surface area (Å²) >= 11 is 0. The van der Waals surface area contributed by atoms with Gasteiger partial charge in [-0.15, -0.1) is 0 Å². The fourth-order valence-electron chi connectivity index (χ4n) is 5.28. The highest BCUT2D eigenvalue weighted by atomic mass is 16.2. The summed E-state index contributed by atoms with van der Waals surface area (Å²) < 4.78 is 2.01. The molecular weight excluding hydrogens is 326 g/mol. The molecule has 1 aromatic heterocycles. The first kappa shape index (κ1) is 18.0. The Morgan fingerprint density at radius 3 is 2.50 bits per heavy atom. The lowest BCUT2D eigenvalue weighted by Crippen LogP contribution is -2.42. The number of aromatic nitrogens is 2. The van der Waals surface area contributed by atoms with Crippen LogP contribution in [0.4, 0.5) is 0 Å². The number of carbonyl (C=O) groups is 1. The minimum absolute atomic E-state index is 0.111. The molecular formula is C20H33N5O. The second kappa shape index (κ2) is 6.97. The van der Waals surface area contributed by atoms with Crippen molar-refractivity contribution in [3.05, 3.63) is 17.5 Å². The van der Waals surface area contributed by atoms with Crippen LogP contribution in [0.15, 0.2) is 6.07 Å². The van der Waals surface area contributed by atoms with E-state index in [-0.39, 0.29) is 6.04 Å². The third-order valence-electron chi connectivity index (χ3n) is 6.85. The number of aryl methyl sites for hydroxylation is 2. The summed E-state index contributed by atoms with van der Waals surface area (Å²) in [7, 11) is 4.19. The molecule has 26 heavy (non-hydrogen) atoms. The van der Waals surface area contributed by atoms with Crippen LogP contribution in [-0.2, 0) is 18.4 Å². The van der Waals surface area contributed by atoms with Crippen molar-refractivity contribution in [2.45, 2.75) is 51.6 Å². The minimum Gasteiger partial charge on any atom is -0.341 e. The second-order valence-electron chi connectivity index (χ2n) is 8.84. The van der Waals surface area contributed by atoms with Crippen molar-refractivity contribution < 1.29 is 4.79 Å². The van der Waals surface area contributed by atoms with Gasteiger partial charge in [-0.1, -0.05) is 0 Å². The normalized spacial score (nSPS) is 26.9. The molecule has 6 nitrogen and oxygen atoms in total. The van der Waals surface area contributed by atoms with Crippen molar-refractivity contribution in [2.75, 3.05) is 39.8 Å². The quantitative estimate of drug-likeness (QED) is 0.823. The van der Waals surface area contributed by atoms with Gasteiger partial charge in [-0.05, 0) is 70.6 Å². The molecule has 1 unspecified atom stereocenters. The van der Waals surface area contributed by atoms with Crippen LogP contribution in [-0.4, -0.2) is 76.2 Å². The summed E-state index contributed by atoms with van der Waals surface area (Å²) in [5.41, 5.74) is 2.73. The third kappa shape index (κ3) is 3.41. The molecule has 3 fully saturated rings. The van der Waals surface area contributed by atoms with E-state index in [1.54, 1.807) is 0 Å². The Labute approximate surface area is 157 Å². The van der Waals surface area contributed by atoms with Crippen LogP contribution < -0.4 is 0 Å². The monoisotopic (exact) mass is 359 g/mol. The molecule has 4 heterocycles. The number of piperidine rings is 1. The SMILES string of the molecule is Cc1cc(CN2CCC3(CC2)CC(C(=O)N2CCCC2)N(C)C3)n(C)n1. The fourth-order valence-corrected chi connectivity index (χ4v) is 5.28. The Hall–Kier alpha value is -1.40. The zero-order valence-corrected chi connectivity index (χ0v) is 16.6. The molecule has 1 amide bonds. The highest BCUT2D eigenvalue weighted by Crippen LogP contribution is 2.43. The van der Waals surface area contributed by atoms with Gasteiger partial charge in [0.25, 0.3) is 0 Å². The number of likely N-dealkylation sites (N-methyl/N-ethyl adjacent to an activating group) is 1. The van der Waals surface area contributed by atoms with E-state index >= 15 is 0 Å². The van der Waals surface area contributed by atoms with Gasteiger partial charge in [0.05, 0.1) is 17.4 Å². The second-order valence-corrected chi connectivity index (χ2v) is 8.84. The maximum absolute atomic E-state index is 12.9. The predicted molar refractivity (Wildman–Crippen MR) is 102 cm³/mol. The molecule has 0 saturated carbocycles.